The molecule has 1 heterocycles. The SMILES string of the molecule is COCCC(C)(O)CNCc1ccc2[nH]ccc2c1. The number of methoxy groups -OCH3 is 1. The van der Waals surface area contributed by atoms with Crippen molar-refractivity contribution in [3.63, 3.8) is 0 Å². The largest absolute Gasteiger partial charge is 0.389 e. The maximum atomic E-state index is 10.1. The summed E-state index contributed by atoms with van der Waals surface area (Å²) in [4.78, 5) is 3.18. The highest BCUT2D eigenvalue weighted by Gasteiger charge is 2.19. The van der Waals surface area contributed by atoms with E-state index in [2.05, 4.69) is 34.6 Å². The van der Waals surface area contributed by atoms with E-state index in [1.807, 2.05) is 13.1 Å². The van der Waals surface area contributed by atoms with E-state index in [0.29, 0.717) is 19.6 Å². The number of aliphatic hydroxyl groups is 1. The highest BCUT2D eigenvalue weighted by molar-refractivity contribution is 5.79. The van der Waals surface area contributed by atoms with Crippen LogP contribution in [0.4, 0.5) is 0 Å². The molecule has 0 amide bonds. The summed E-state index contributed by atoms with van der Waals surface area (Å²) in [6, 6.07) is 8.39. The smallest absolute Gasteiger partial charge is 0.0765 e. The van der Waals surface area contributed by atoms with Gasteiger partial charge < -0.3 is 20.1 Å². The zero-order valence-corrected chi connectivity index (χ0v) is 11.6. The van der Waals surface area contributed by atoms with Crippen molar-refractivity contribution in [3.8, 4) is 0 Å². The Kier molecular flexibility index (Phi) is 4.58. The molecule has 0 fully saturated rings. The van der Waals surface area contributed by atoms with Crippen molar-refractivity contribution >= 4 is 10.9 Å². The number of aromatic amines is 1. The van der Waals surface area contributed by atoms with Crippen molar-refractivity contribution in [3.05, 3.63) is 36.0 Å². The Labute approximate surface area is 113 Å². The second kappa shape index (κ2) is 6.19. The Bertz CT molecular complexity index is 520. The minimum Gasteiger partial charge on any atom is -0.389 e. The molecule has 0 aliphatic carbocycles. The fraction of sp³-hybridized carbons (Fsp3) is 0.467. The zero-order chi connectivity index (χ0) is 13.7. The van der Waals surface area contributed by atoms with E-state index in [0.717, 1.165) is 12.1 Å². The summed E-state index contributed by atoms with van der Waals surface area (Å²) in [7, 11) is 1.65. The third kappa shape index (κ3) is 4.06. The molecule has 4 nitrogen and oxygen atoms in total. The monoisotopic (exact) mass is 262 g/mol. The standard InChI is InChI=1S/C15H22N2O2/c1-15(18,6-8-19-2)11-16-10-12-3-4-14-13(9-12)5-7-17-14/h3-5,7,9,16-18H,6,8,10-11H2,1-2H3. The van der Waals surface area contributed by atoms with E-state index in [9.17, 15) is 5.11 Å². The first kappa shape index (κ1) is 14.1. The lowest BCUT2D eigenvalue weighted by Crippen LogP contribution is -2.38. The van der Waals surface area contributed by atoms with Crippen LogP contribution in [0.2, 0.25) is 0 Å². The predicted octanol–water partition coefficient (Wildman–Crippen LogP) is 2.04. The summed E-state index contributed by atoms with van der Waals surface area (Å²) >= 11 is 0. The van der Waals surface area contributed by atoms with Gasteiger partial charge in [-0.25, -0.2) is 0 Å². The lowest BCUT2D eigenvalue weighted by atomic mass is 10.0. The molecule has 19 heavy (non-hydrogen) atoms. The molecular formula is C15H22N2O2. The lowest BCUT2D eigenvalue weighted by molar-refractivity contribution is 0.0247. The normalized spacial score (nSPS) is 14.7. The lowest BCUT2D eigenvalue weighted by Gasteiger charge is -2.23. The van der Waals surface area contributed by atoms with Crippen LogP contribution < -0.4 is 5.32 Å². The van der Waals surface area contributed by atoms with Crippen LogP contribution in [0.25, 0.3) is 10.9 Å². The maximum absolute atomic E-state index is 10.1. The number of ether oxygens (including phenoxy) is 1. The Hall–Kier alpha value is -1.36. The predicted molar refractivity (Wildman–Crippen MR) is 77.1 cm³/mol. The fourth-order valence-electron chi connectivity index (χ4n) is 2.10. The van der Waals surface area contributed by atoms with E-state index in [1.54, 1.807) is 7.11 Å². The average molecular weight is 262 g/mol. The molecule has 3 N–H and O–H groups in total. The number of H-pyrrole nitrogens is 1. The van der Waals surface area contributed by atoms with Crippen LogP contribution in [0.5, 0.6) is 0 Å². The first-order valence-electron chi connectivity index (χ1n) is 6.59. The third-order valence-electron chi connectivity index (χ3n) is 3.30. The van der Waals surface area contributed by atoms with Gasteiger partial charge in [0.1, 0.15) is 0 Å². The van der Waals surface area contributed by atoms with Gasteiger partial charge >= 0.3 is 0 Å². The quantitative estimate of drug-likeness (QED) is 0.715. The number of hydrogen-bond donors (Lipinski definition) is 3. The molecule has 0 aliphatic heterocycles. The van der Waals surface area contributed by atoms with Gasteiger partial charge in [-0.15, -0.1) is 0 Å². The van der Waals surface area contributed by atoms with Crippen LogP contribution in [-0.2, 0) is 11.3 Å². The molecule has 0 saturated heterocycles. The number of nitrogens with one attached hydrogen (secondary N) is 2. The Morgan fingerprint density at radius 1 is 1.37 bits per heavy atom. The Morgan fingerprint density at radius 3 is 3.00 bits per heavy atom. The second-order valence-electron chi connectivity index (χ2n) is 5.24. The van der Waals surface area contributed by atoms with Gasteiger partial charge in [0, 0.05) is 44.9 Å². The van der Waals surface area contributed by atoms with Crippen LogP contribution in [0.15, 0.2) is 30.5 Å². The summed E-state index contributed by atoms with van der Waals surface area (Å²) < 4.78 is 4.99. The van der Waals surface area contributed by atoms with Crippen molar-refractivity contribution in [2.45, 2.75) is 25.5 Å². The zero-order valence-electron chi connectivity index (χ0n) is 11.6. The van der Waals surface area contributed by atoms with Crippen molar-refractivity contribution in [1.29, 1.82) is 0 Å². The van der Waals surface area contributed by atoms with Crippen molar-refractivity contribution in [2.24, 2.45) is 0 Å². The summed E-state index contributed by atoms with van der Waals surface area (Å²) in [5.74, 6) is 0. The van der Waals surface area contributed by atoms with E-state index in [4.69, 9.17) is 4.74 Å². The number of benzene rings is 1. The van der Waals surface area contributed by atoms with Crippen LogP contribution in [0, 0.1) is 0 Å². The molecule has 2 rings (SSSR count). The van der Waals surface area contributed by atoms with E-state index >= 15 is 0 Å². The molecule has 0 aliphatic rings. The van der Waals surface area contributed by atoms with Gasteiger partial charge in [0.05, 0.1) is 5.60 Å². The molecule has 1 aromatic heterocycles. The molecule has 1 aromatic carbocycles. The fourth-order valence-corrected chi connectivity index (χ4v) is 2.10. The van der Waals surface area contributed by atoms with Crippen molar-refractivity contribution < 1.29 is 9.84 Å². The summed E-state index contributed by atoms with van der Waals surface area (Å²) in [6.45, 7) is 3.71. The third-order valence-corrected chi connectivity index (χ3v) is 3.30. The molecule has 0 spiro atoms. The van der Waals surface area contributed by atoms with Crippen LogP contribution in [0.1, 0.15) is 18.9 Å². The molecule has 4 heteroatoms. The van der Waals surface area contributed by atoms with E-state index in [-0.39, 0.29) is 0 Å². The van der Waals surface area contributed by atoms with Crippen LogP contribution in [0.3, 0.4) is 0 Å². The molecule has 0 radical (unpaired) electrons. The van der Waals surface area contributed by atoms with Crippen molar-refractivity contribution in [2.75, 3.05) is 20.3 Å². The van der Waals surface area contributed by atoms with Gasteiger partial charge in [-0.3, -0.25) is 0 Å². The van der Waals surface area contributed by atoms with Crippen LogP contribution in [-0.4, -0.2) is 36.0 Å². The second-order valence-corrected chi connectivity index (χ2v) is 5.24. The van der Waals surface area contributed by atoms with Crippen LogP contribution >= 0.6 is 0 Å². The average Bonchev–Trinajstić information content (AvgIpc) is 2.83. The summed E-state index contributed by atoms with van der Waals surface area (Å²) in [6.07, 6.45) is 2.57. The van der Waals surface area contributed by atoms with E-state index in [1.165, 1.54) is 10.9 Å². The minimum atomic E-state index is -0.728. The van der Waals surface area contributed by atoms with Gasteiger partial charge in [0.15, 0.2) is 0 Å². The van der Waals surface area contributed by atoms with E-state index < -0.39 is 5.60 Å². The maximum Gasteiger partial charge on any atom is 0.0765 e. The first-order chi connectivity index (χ1) is 9.11. The van der Waals surface area contributed by atoms with Gasteiger partial charge in [0.25, 0.3) is 0 Å². The molecule has 2 aromatic rings. The number of hydrogen-bond acceptors (Lipinski definition) is 3. The molecule has 1 atom stereocenters. The molecular weight excluding hydrogens is 240 g/mol. The van der Waals surface area contributed by atoms with Crippen molar-refractivity contribution in [1.82, 2.24) is 10.3 Å². The number of fused-ring (bicyclic) bond motifs is 1. The Morgan fingerprint density at radius 2 is 2.21 bits per heavy atom. The molecule has 1 unspecified atom stereocenters. The minimum absolute atomic E-state index is 0.557. The highest BCUT2D eigenvalue weighted by Crippen LogP contribution is 2.14. The molecule has 0 bridgehead atoms. The summed E-state index contributed by atoms with van der Waals surface area (Å²) in [5, 5.41) is 14.6. The van der Waals surface area contributed by atoms with Gasteiger partial charge in [0.2, 0.25) is 0 Å². The molecule has 0 saturated carbocycles. The van der Waals surface area contributed by atoms with Gasteiger partial charge in [-0.05, 0) is 36.1 Å². The number of rotatable bonds is 7. The highest BCUT2D eigenvalue weighted by atomic mass is 16.5. The van der Waals surface area contributed by atoms with Gasteiger partial charge in [-0.1, -0.05) is 6.07 Å². The van der Waals surface area contributed by atoms with Gasteiger partial charge in [-0.2, -0.15) is 0 Å². The summed E-state index contributed by atoms with van der Waals surface area (Å²) in [5.41, 5.74) is 1.64. The first-order valence-corrected chi connectivity index (χ1v) is 6.59. The molecule has 104 valence electrons. The number of aromatic nitrogens is 1. The topological polar surface area (TPSA) is 57.3 Å². The Balaban J connectivity index is 1.84.